The molecule has 0 spiro atoms. The molecule has 0 aliphatic carbocycles. The zero-order valence-electron chi connectivity index (χ0n) is 18.1. The van der Waals surface area contributed by atoms with Gasteiger partial charge in [-0.15, -0.1) is 0 Å². The molecule has 0 fully saturated rings. The third-order valence-corrected chi connectivity index (χ3v) is 5.79. The minimum atomic E-state index is -0.531. The lowest BCUT2D eigenvalue weighted by atomic mass is 10.1. The zero-order chi connectivity index (χ0) is 24.5. The Balaban J connectivity index is 1.77. The number of nitrogens with zero attached hydrogens (tertiary/aromatic N) is 2. The highest BCUT2D eigenvalue weighted by Crippen LogP contribution is 2.36. The first-order valence-corrected chi connectivity index (χ1v) is 11.8. The highest BCUT2D eigenvalue weighted by Gasteiger charge is 2.14. The van der Waals surface area contributed by atoms with Crippen LogP contribution in [-0.2, 0) is 11.4 Å². The molecular weight excluding hydrogens is 562 g/mol. The van der Waals surface area contributed by atoms with Crippen LogP contribution in [0, 0.1) is 22.7 Å². The van der Waals surface area contributed by atoms with Gasteiger partial charge in [0, 0.05) is 17.3 Å². The van der Waals surface area contributed by atoms with Gasteiger partial charge in [0.1, 0.15) is 29.7 Å². The maximum atomic E-state index is 12.7. The van der Waals surface area contributed by atoms with Crippen molar-refractivity contribution >= 4 is 49.5 Å². The van der Waals surface area contributed by atoms with Crippen LogP contribution in [0.2, 0.25) is 0 Å². The fourth-order valence-electron chi connectivity index (χ4n) is 3.05. The zero-order valence-corrected chi connectivity index (χ0v) is 21.3. The Bertz CT molecular complexity index is 1300. The van der Waals surface area contributed by atoms with Crippen molar-refractivity contribution in [2.45, 2.75) is 13.5 Å². The molecule has 0 saturated carbocycles. The molecule has 34 heavy (non-hydrogen) atoms. The Labute approximate surface area is 214 Å². The first-order valence-electron chi connectivity index (χ1n) is 10.2. The second-order valence-corrected chi connectivity index (χ2v) is 8.66. The first kappa shape index (κ1) is 25.0. The van der Waals surface area contributed by atoms with E-state index in [0.29, 0.717) is 43.9 Å². The normalized spacial score (nSPS) is 10.7. The summed E-state index contributed by atoms with van der Waals surface area (Å²) in [5, 5.41) is 21.5. The quantitative estimate of drug-likeness (QED) is 0.239. The van der Waals surface area contributed by atoms with E-state index in [0.717, 1.165) is 5.56 Å². The summed E-state index contributed by atoms with van der Waals surface area (Å²) in [6.45, 7) is 2.59. The van der Waals surface area contributed by atoms with E-state index >= 15 is 0 Å². The predicted octanol–water partition coefficient (Wildman–Crippen LogP) is 6.61. The van der Waals surface area contributed by atoms with Crippen LogP contribution in [0.4, 0.5) is 5.69 Å². The number of rotatable bonds is 8. The first-order chi connectivity index (χ1) is 16.4. The van der Waals surface area contributed by atoms with Crippen molar-refractivity contribution in [2.24, 2.45) is 0 Å². The van der Waals surface area contributed by atoms with Crippen molar-refractivity contribution in [3.8, 4) is 23.6 Å². The maximum absolute atomic E-state index is 12.7. The summed E-state index contributed by atoms with van der Waals surface area (Å²) < 4.78 is 12.6. The molecule has 1 amide bonds. The third-order valence-electron chi connectivity index (χ3n) is 4.61. The van der Waals surface area contributed by atoms with E-state index in [2.05, 4.69) is 43.2 Å². The Morgan fingerprint density at radius 2 is 1.76 bits per heavy atom. The molecule has 0 unspecified atom stereocenters. The van der Waals surface area contributed by atoms with Gasteiger partial charge >= 0.3 is 0 Å². The van der Waals surface area contributed by atoms with Gasteiger partial charge in [0.2, 0.25) is 0 Å². The van der Waals surface area contributed by atoms with Crippen LogP contribution in [0.25, 0.3) is 6.08 Å². The molecule has 0 heterocycles. The standard InChI is InChI=1S/C26H19Br2N3O3/c1-2-33-22-9-5-8-21(13-22)31-26(32)20(15-30)10-17-11-23(27)25(24(28)12-17)34-16-19-7-4-3-6-18(19)14-29/h3-13H,2,16H2,1H3,(H,31,32)/b20-10-. The summed E-state index contributed by atoms with van der Waals surface area (Å²) in [5.74, 6) is 0.640. The minimum absolute atomic E-state index is 0.0581. The van der Waals surface area contributed by atoms with Gasteiger partial charge in [-0.1, -0.05) is 24.3 Å². The molecule has 0 radical (unpaired) electrons. The second kappa shape index (κ2) is 12.0. The van der Waals surface area contributed by atoms with Crippen LogP contribution < -0.4 is 14.8 Å². The number of halogens is 2. The largest absolute Gasteiger partial charge is 0.494 e. The molecule has 0 bridgehead atoms. The van der Waals surface area contributed by atoms with Gasteiger partial charge in [-0.25, -0.2) is 0 Å². The lowest BCUT2D eigenvalue weighted by molar-refractivity contribution is -0.112. The number of hydrogen-bond acceptors (Lipinski definition) is 5. The van der Waals surface area contributed by atoms with E-state index in [-0.39, 0.29) is 12.2 Å². The number of carbonyl (C=O) groups excluding carboxylic acids is 1. The van der Waals surface area contributed by atoms with E-state index in [9.17, 15) is 15.3 Å². The van der Waals surface area contributed by atoms with E-state index < -0.39 is 5.91 Å². The lowest BCUT2D eigenvalue weighted by Gasteiger charge is -2.12. The molecule has 6 nitrogen and oxygen atoms in total. The summed E-state index contributed by atoms with van der Waals surface area (Å²) in [6, 6.07) is 21.8. The Kier molecular flexibility index (Phi) is 8.86. The minimum Gasteiger partial charge on any atom is -0.494 e. The van der Waals surface area contributed by atoms with Crippen LogP contribution in [0.1, 0.15) is 23.6 Å². The summed E-state index contributed by atoms with van der Waals surface area (Å²) in [4.78, 5) is 12.7. The predicted molar refractivity (Wildman–Crippen MR) is 137 cm³/mol. The number of hydrogen-bond donors (Lipinski definition) is 1. The van der Waals surface area contributed by atoms with Crippen molar-refractivity contribution in [1.82, 2.24) is 0 Å². The number of carbonyl (C=O) groups is 1. The Morgan fingerprint density at radius 3 is 2.44 bits per heavy atom. The van der Waals surface area contributed by atoms with Gasteiger partial charge in [-0.2, -0.15) is 10.5 Å². The van der Waals surface area contributed by atoms with Gasteiger partial charge in [0.25, 0.3) is 5.91 Å². The van der Waals surface area contributed by atoms with Gasteiger partial charge in [-0.3, -0.25) is 4.79 Å². The monoisotopic (exact) mass is 579 g/mol. The number of ether oxygens (including phenoxy) is 2. The molecule has 0 aliphatic rings. The molecule has 0 saturated heterocycles. The van der Waals surface area contributed by atoms with E-state index in [1.165, 1.54) is 6.08 Å². The topological polar surface area (TPSA) is 95.1 Å². The average Bonchev–Trinajstić information content (AvgIpc) is 2.82. The van der Waals surface area contributed by atoms with Crippen LogP contribution in [0.15, 0.2) is 75.2 Å². The van der Waals surface area contributed by atoms with Crippen molar-refractivity contribution in [3.63, 3.8) is 0 Å². The highest BCUT2D eigenvalue weighted by molar-refractivity contribution is 9.11. The molecule has 3 aromatic carbocycles. The SMILES string of the molecule is CCOc1cccc(NC(=O)/C(C#N)=C\c2cc(Br)c(OCc3ccccc3C#N)c(Br)c2)c1. The fourth-order valence-corrected chi connectivity index (χ4v) is 4.50. The van der Waals surface area contributed by atoms with Crippen molar-refractivity contribution < 1.29 is 14.3 Å². The summed E-state index contributed by atoms with van der Waals surface area (Å²) in [5.41, 5.74) is 2.41. The van der Waals surface area contributed by atoms with Gasteiger partial charge in [0.05, 0.1) is 27.2 Å². The number of benzene rings is 3. The van der Waals surface area contributed by atoms with Crippen LogP contribution >= 0.6 is 31.9 Å². The van der Waals surface area contributed by atoms with Crippen molar-refractivity contribution in [1.29, 1.82) is 10.5 Å². The number of anilines is 1. The average molecular weight is 581 g/mol. The van der Waals surface area contributed by atoms with E-state index in [4.69, 9.17) is 9.47 Å². The van der Waals surface area contributed by atoms with Gasteiger partial charge in [-0.05, 0) is 80.8 Å². The van der Waals surface area contributed by atoms with Gasteiger partial charge in [0.15, 0.2) is 0 Å². The van der Waals surface area contributed by atoms with Crippen LogP contribution in [-0.4, -0.2) is 12.5 Å². The Morgan fingerprint density at radius 1 is 1.03 bits per heavy atom. The van der Waals surface area contributed by atoms with Crippen molar-refractivity contribution in [3.05, 3.63) is 91.9 Å². The maximum Gasteiger partial charge on any atom is 0.266 e. The summed E-state index contributed by atoms with van der Waals surface area (Å²) in [7, 11) is 0. The van der Waals surface area contributed by atoms with Crippen LogP contribution in [0.3, 0.4) is 0 Å². The number of amides is 1. The van der Waals surface area contributed by atoms with E-state index in [1.54, 1.807) is 48.5 Å². The summed E-state index contributed by atoms with van der Waals surface area (Å²) >= 11 is 6.97. The highest BCUT2D eigenvalue weighted by atomic mass is 79.9. The van der Waals surface area contributed by atoms with Gasteiger partial charge < -0.3 is 14.8 Å². The Hall–Kier alpha value is -3.59. The molecule has 3 rings (SSSR count). The number of nitriles is 2. The summed E-state index contributed by atoms with van der Waals surface area (Å²) in [6.07, 6.45) is 1.49. The molecule has 0 atom stereocenters. The van der Waals surface area contributed by atoms with Crippen molar-refractivity contribution in [2.75, 3.05) is 11.9 Å². The molecule has 170 valence electrons. The lowest BCUT2D eigenvalue weighted by Crippen LogP contribution is -2.13. The third kappa shape index (κ3) is 6.48. The number of nitrogens with one attached hydrogen (secondary N) is 1. The van der Waals surface area contributed by atoms with E-state index in [1.807, 2.05) is 25.1 Å². The molecular formula is C26H19Br2N3O3. The molecule has 3 aromatic rings. The second-order valence-electron chi connectivity index (χ2n) is 6.96. The van der Waals surface area contributed by atoms with Crippen LogP contribution in [0.5, 0.6) is 11.5 Å². The molecule has 0 aromatic heterocycles. The smallest absolute Gasteiger partial charge is 0.266 e. The molecule has 0 aliphatic heterocycles. The fraction of sp³-hybridized carbons (Fsp3) is 0.115. The molecule has 1 N–H and O–H groups in total. The molecule has 8 heteroatoms.